The van der Waals surface area contributed by atoms with Crippen LogP contribution < -0.4 is 5.73 Å². The van der Waals surface area contributed by atoms with Gasteiger partial charge in [0, 0.05) is 6.42 Å². The van der Waals surface area contributed by atoms with E-state index in [0.29, 0.717) is 12.2 Å². The van der Waals surface area contributed by atoms with Crippen LogP contribution in [0.5, 0.6) is 0 Å². The number of aromatic nitrogens is 4. The van der Waals surface area contributed by atoms with Crippen molar-refractivity contribution < 1.29 is 17.7 Å². The van der Waals surface area contributed by atoms with Crippen LogP contribution in [0.1, 0.15) is 30.0 Å². The summed E-state index contributed by atoms with van der Waals surface area (Å²) in [7, 11) is 0. The minimum absolute atomic E-state index is 0.0425. The number of halogens is 3. The fraction of sp³-hybridized carbons (Fsp3) is 0.500. The molecule has 0 atom stereocenters. The molecule has 2 heterocycles. The van der Waals surface area contributed by atoms with Gasteiger partial charge in [0.15, 0.2) is 11.5 Å². The molecule has 0 saturated heterocycles. The van der Waals surface area contributed by atoms with Crippen LogP contribution in [0.4, 0.5) is 18.9 Å². The summed E-state index contributed by atoms with van der Waals surface area (Å²) in [5.41, 5.74) is 4.13. The SMILES string of the molecule is CCc1noc(Cn2nc(C(F)(F)F)c(N)c2C)n1. The first-order chi connectivity index (χ1) is 8.82. The molecule has 0 amide bonds. The molecule has 0 spiro atoms. The van der Waals surface area contributed by atoms with Crippen molar-refractivity contribution in [3.8, 4) is 0 Å². The average Bonchev–Trinajstić information content (AvgIpc) is 2.88. The first-order valence-electron chi connectivity index (χ1n) is 5.54. The Balaban J connectivity index is 2.31. The van der Waals surface area contributed by atoms with Gasteiger partial charge < -0.3 is 10.3 Å². The Morgan fingerprint density at radius 2 is 2.05 bits per heavy atom. The van der Waals surface area contributed by atoms with E-state index in [1.54, 1.807) is 0 Å². The molecule has 0 unspecified atom stereocenters. The molecule has 0 bridgehead atoms. The molecule has 0 aliphatic carbocycles. The molecular weight excluding hydrogens is 263 g/mol. The van der Waals surface area contributed by atoms with Gasteiger partial charge >= 0.3 is 6.18 Å². The Kier molecular flexibility index (Phi) is 3.21. The van der Waals surface area contributed by atoms with Gasteiger partial charge in [0.1, 0.15) is 6.54 Å². The Morgan fingerprint density at radius 1 is 1.37 bits per heavy atom. The number of hydrogen-bond acceptors (Lipinski definition) is 5. The van der Waals surface area contributed by atoms with Crippen LogP contribution in [-0.2, 0) is 19.1 Å². The third kappa shape index (κ3) is 2.54. The van der Waals surface area contributed by atoms with Crippen molar-refractivity contribution in [2.24, 2.45) is 0 Å². The highest BCUT2D eigenvalue weighted by molar-refractivity contribution is 5.49. The number of hydrogen-bond donors (Lipinski definition) is 1. The highest BCUT2D eigenvalue weighted by Gasteiger charge is 2.38. The second-order valence-corrected chi connectivity index (χ2v) is 3.96. The molecule has 0 aromatic carbocycles. The summed E-state index contributed by atoms with van der Waals surface area (Å²) < 4.78 is 43.9. The van der Waals surface area contributed by atoms with Crippen LogP contribution in [-0.4, -0.2) is 19.9 Å². The smallest absolute Gasteiger partial charge is 0.395 e. The van der Waals surface area contributed by atoms with Crippen molar-refractivity contribution in [1.82, 2.24) is 19.9 Å². The van der Waals surface area contributed by atoms with Gasteiger partial charge in [-0.3, -0.25) is 4.68 Å². The van der Waals surface area contributed by atoms with Gasteiger partial charge in [0.25, 0.3) is 0 Å². The summed E-state index contributed by atoms with van der Waals surface area (Å²) in [5.74, 6) is 0.681. The Morgan fingerprint density at radius 3 is 2.53 bits per heavy atom. The van der Waals surface area contributed by atoms with Gasteiger partial charge in [-0.05, 0) is 6.92 Å². The van der Waals surface area contributed by atoms with Crippen LogP contribution in [0.15, 0.2) is 4.52 Å². The van der Waals surface area contributed by atoms with Crippen molar-refractivity contribution in [3.05, 3.63) is 23.1 Å². The van der Waals surface area contributed by atoms with Crippen molar-refractivity contribution in [3.63, 3.8) is 0 Å². The number of nitrogens with two attached hydrogens (primary N) is 1. The van der Waals surface area contributed by atoms with Gasteiger partial charge in [0.2, 0.25) is 5.89 Å². The molecule has 6 nitrogen and oxygen atoms in total. The highest BCUT2D eigenvalue weighted by atomic mass is 19.4. The van der Waals surface area contributed by atoms with Crippen LogP contribution >= 0.6 is 0 Å². The minimum Gasteiger partial charge on any atom is -0.395 e. The summed E-state index contributed by atoms with van der Waals surface area (Å²) in [6.45, 7) is 3.25. The lowest BCUT2D eigenvalue weighted by Gasteiger charge is -2.01. The van der Waals surface area contributed by atoms with E-state index in [4.69, 9.17) is 10.3 Å². The van der Waals surface area contributed by atoms with Gasteiger partial charge in [-0.1, -0.05) is 12.1 Å². The molecule has 0 aliphatic heterocycles. The predicted octanol–water partition coefficient (Wildman–Crippen LogP) is 1.79. The summed E-state index contributed by atoms with van der Waals surface area (Å²) in [5, 5.41) is 7.11. The molecular formula is C10H12F3N5O. The lowest BCUT2D eigenvalue weighted by Crippen LogP contribution is -2.10. The molecule has 2 aromatic rings. The van der Waals surface area contributed by atoms with E-state index < -0.39 is 11.9 Å². The van der Waals surface area contributed by atoms with E-state index in [1.165, 1.54) is 6.92 Å². The van der Waals surface area contributed by atoms with E-state index in [1.807, 2.05) is 6.92 Å². The van der Waals surface area contributed by atoms with Crippen LogP contribution in [0.2, 0.25) is 0 Å². The Labute approximate surface area is 106 Å². The molecule has 2 N–H and O–H groups in total. The second kappa shape index (κ2) is 4.56. The minimum atomic E-state index is -4.58. The molecule has 2 aromatic heterocycles. The largest absolute Gasteiger partial charge is 0.437 e. The van der Waals surface area contributed by atoms with Crippen molar-refractivity contribution >= 4 is 5.69 Å². The number of alkyl halides is 3. The number of nitrogen functional groups attached to an aromatic ring is 1. The van der Waals surface area contributed by atoms with Gasteiger partial charge in [0.05, 0.1) is 11.4 Å². The third-order valence-electron chi connectivity index (χ3n) is 2.63. The van der Waals surface area contributed by atoms with E-state index in [2.05, 4.69) is 15.2 Å². The lowest BCUT2D eigenvalue weighted by molar-refractivity contribution is -0.140. The maximum atomic E-state index is 12.6. The fourth-order valence-corrected chi connectivity index (χ4v) is 1.55. The van der Waals surface area contributed by atoms with Crippen molar-refractivity contribution in [1.29, 1.82) is 0 Å². The van der Waals surface area contributed by atoms with Crippen molar-refractivity contribution in [2.75, 3.05) is 5.73 Å². The summed E-state index contributed by atoms with van der Waals surface area (Å²) in [6.07, 6.45) is -4.00. The molecule has 0 aliphatic rings. The first kappa shape index (κ1) is 13.4. The normalized spacial score (nSPS) is 12.1. The third-order valence-corrected chi connectivity index (χ3v) is 2.63. The fourth-order valence-electron chi connectivity index (χ4n) is 1.55. The number of rotatable bonds is 3. The van der Waals surface area contributed by atoms with Gasteiger partial charge in [-0.2, -0.15) is 23.3 Å². The quantitative estimate of drug-likeness (QED) is 0.923. The number of anilines is 1. The summed E-state index contributed by atoms with van der Waals surface area (Å²) in [4.78, 5) is 4.01. The Hall–Kier alpha value is -2.06. The van der Waals surface area contributed by atoms with E-state index in [9.17, 15) is 13.2 Å². The molecule has 0 saturated carbocycles. The average molecular weight is 275 g/mol. The number of aryl methyl sites for hydroxylation is 1. The lowest BCUT2D eigenvalue weighted by atomic mass is 10.3. The molecule has 19 heavy (non-hydrogen) atoms. The van der Waals surface area contributed by atoms with E-state index in [0.717, 1.165) is 4.68 Å². The molecule has 0 fully saturated rings. The summed E-state index contributed by atoms with van der Waals surface area (Å²) in [6, 6.07) is 0. The molecule has 2 rings (SSSR count). The zero-order valence-corrected chi connectivity index (χ0v) is 10.3. The predicted molar refractivity (Wildman–Crippen MR) is 59.2 cm³/mol. The van der Waals surface area contributed by atoms with Crippen LogP contribution in [0, 0.1) is 6.92 Å². The van der Waals surface area contributed by atoms with Crippen LogP contribution in [0.3, 0.4) is 0 Å². The molecule has 0 radical (unpaired) electrons. The van der Waals surface area contributed by atoms with Crippen LogP contribution in [0.25, 0.3) is 0 Å². The van der Waals surface area contributed by atoms with E-state index >= 15 is 0 Å². The van der Waals surface area contributed by atoms with Gasteiger partial charge in [-0.25, -0.2) is 0 Å². The second-order valence-electron chi connectivity index (χ2n) is 3.96. The van der Waals surface area contributed by atoms with Gasteiger partial charge in [-0.15, -0.1) is 0 Å². The topological polar surface area (TPSA) is 82.8 Å². The van der Waals surface area contributed by atoms with Crippen molar-refractivity contribution in [2.45, 2.75) is 33.0 Å². The molecule has 9 heteroatoms. The Bertz CT molecular complexity index is 586. The first-order valence-corrected chi connectivity index (χ1v) is 5.54. The maximum Gasteiger partial charge on any atom is 0.437 e. The maximum absolute atomic E-state index is 12.6. The monoisotopic (exact) mass is 275 g/mol. The zero-order chi connectivity index (χ0) is 14.2. The molecule has 104 valence electrons. The van der Waals surface area contributed by atoms with E-state index in [-0.39, 0.29) is 23.8 Å². The highest BCUT2D eigenvalue weighted by Crippen LogP contribution is 2.33. The zero-order valence-electron chi connectivity index (χ0n) is 10.3. The number of nitrogens with zero attached hydrogens (tertiary/aromatic N) is 4. The summed E-state index contributed by atoms with van der Waals surface area (Å²) >= 11 is 0. The standard InChI is InChI=1S/C10H12F3N5O/c1-3-6-15-7(19-17-6)4-18-5(2)8(14)9(16-18)10(11,12)13/h3-4,14H2,1-2H3.